The number of carbonyl (C=O) groups is 1. The summed E-state index contributed by atoms with van der Waals surface area (Å²) in [6, 6.07) is 6.60. The number of piperidine rings is 1. The van der Waals surface area contributed by atoms with E-state index < -0.39 is 0 Å². The summed E-state index contributed by atoms with van der Waals surface area (Å²) < 4.78 is 13.4. The van der Waals surface area contributed by atoms with Crippen LogP contribution in [0.2, 0.25) is 0 Å². The van der Waals surface area contributed by atoms with Crippen LogP contribution in [0.3, 0.4) is 0 Å². The van der Waals surface area contributed by atoms with E-state index in [2.05, 4.69) is 44.8 Å². The van der Waals surface area contributed by atoms with Crippen LogP contribution in [0.15, 0.2) is 24.3 Å². The van der Waals surface area contributed by atoms with Gasteiger partial charge in [-0.25, -0.2) is 4.39 Å². The zero-order valence-electron chi connectivity index (χ0n) is 16.4. The minimum Gasteiger partial charge on any atom is -0.339 e. The second-order valence-corrected chi connectivity index (χ2v) is 8.70. The average molecular weight is 349 g/mol. The number of hydrogen-bond donors (Lipinski definition) is 1. The van der Waals surface area contributed by atoms with Crippen LogP contribution in [0.5, 0.6) is 0 Å². The number of benzene rings is 1. The van der Waals surface area contributed by atoms with Gasteiger partial charge in [-0.2, -0.15) is 0 Å². The van der Waals surface area contributed by atoms with Crippen LogP contribution in [0.4, 0.5) is 4.39 Å². The SMILES string of the molecule is CCCCN(C(=O)Cc1cccc(F)c1)C1CC(C)(C)NC(C)(C)C1. The van der Waals surface area contributed by atoms with E-state index in [1.807, 2.05) is 6.07 Å². The van der Waals surface area contributed by atoms with Crippen molar-refractivity contribution in [2.24, 2.45) is 0 Å². The zero-order chi connectivity index (χ0) is 18.7. The fourth-order valence-corrected chi connectivity index (χ4v) is 4.25. The van der Waals surface area contributed by atoms with Crippen LogP contribution >= 0.6 is 0 Å². The van der Waals surface area contributed by atoms with Gasteiger partial charge in [0.15, 0.2) is 0 Å². The summed E-state index contributed by atoms with van der Waals surface area (Å²) in [6.45, 7) is 11.7. The Morgan fingerprint density at radius 3 is 2.44 bits per heavy atom. The van der Waals surface area contributed by atoms with E-state index in [1.165, 1.54) is 12.1 Å². The Morgan fingerprint density at radius 1 is 1.24 bits per heavy atom. The molecule has 0 aliphatic carbocycles. The fourth-order valence-electron chi connectivity index (χ4n) is 4.25. The Morgan fingerprint density at radius 2 is 1.88 bits per heavy atom. The highest BCUT2D eigenvalue weighted by molar-refractivity contribution is 5.79. The van der Waals surface area contributed by atoms with Gasteiger partial charge >= 0.3 is 0 Å². The third-order valence-electron chi connectivity index (χ3n) is 4.93. The Labute approximate surface area is 152 Å². The van der Waals surface area contributed by atoms with Crippen molar-refractivity contribution < 1.29 is 9.18 Å². The first-order valence-corrected chi connectivity index (χ1v) is 9.45. The molecule has 140 valence electrons. The van der Waals surface area contributed by atoms with Crippen molar-refractivity contribution in [2.45, 2.75) is 83.8 Å². The predicted octanol–water partition coefficient (Wildman–Crippen LogP) is 4.31. The van der Waals surface area contributed by atoms with E-state index >= 15 is 0 Å². The van der Waals surface area contributed by atoms with Gasteiger partial charge in [0.25, 0.3) is 0 Å². The lowest BCUT2D eigenvalue weighted by molar-refractivity contribution is -0.134. The molecular formula is C21H33FN2O. The zero-order valence-corrected chi connectivity index (χ0v) is 16.4. The first-order chi connectivity index (χ1) is 11.6. The molecule has 4 heteroatoms. The topological polar surface area (TPSA) is 32.3 Å². The minimum absolute atomic E-state index is 0.00395. The molecule has 1 aliphatic heterocycles. The number of rotatable bonds is 6. The predicted molar refractivity (Wildman–Crippen MR) is 101 cm³/mol. The molecule has 1 aromatic rings. The summed E-state index contributed by atoms with van der Waals surface area (Å²) in [5.41, 5.74) is 0.741. The molecular weight excluding hydrogens is 315 g/mol. The largest absolute Gasteiger partial charge is 0.339 e. The van der Waals surface area contributed by atoms with E-state index in [9.17, 15) is 9.18 Å². The number of halogens is 1. The molecule has 1 aromatic carbocycles. The van der Waals surface area contributed by atoms with Gasteiger partial charge in [0.05, 0.1) is 6.42 Å². The van der Waals surface area contributed by atoms with Gasteiger partial charge in [0.1, 0.15) is 5.82 Å². The first kappa shape index (κ1) is 19.9. The van der Waals surface area contributed by atoms with Crippen LogP contribution in [-0.4, -0.2) is 34.5 Å². The molecule has 1 fully saturated rings. The van der Waals surface area contributed by atoms with Gasteiger partial charge < -0.3 is 10.2 Å². The van der Waals surface area contributed by atoms with E-state index in [-0.39, 0.29) is 35.3 Å². The number of nitrogens with one attached hydrogen (secondary N) is 1. The van der Waals surface area contributed by atoms with Crippen molar-refractivity contribution in [3.05, 3.63) is 35.6 Å². The number of nitrogens with zero attached hydrogens (tertiary/aromatic N) is 1. The number of amides is 1. The van der Waals surface area contributed by atoms with Crippen LogP contribution in [-0.2, 0) is 11.2 Å². The van der Waals surface area contributed by atoms with Crippen LogP contribution in [0.25, 0.3) is 0 Å². The molecule has 2 rings (SSSR count). The van der Waals surface area contributed by atoms with Crippen molar-refractivity contribution in [2.75, 3.05) is 6.54 Å². The van der Waals surface area contributed by atoms with Crippen molar-refractivity contribution >= 4 is 5.91 Å². The molecule has 0 aromatic heterocycles. The standard InChI is InChI=1S/C21H33FN2O/c1-6-7-11-24(18-14-20(2,3)23-21(4,5)15-18)19(25)13-16-9-8-10-17(22)12-16/h8-10,12,18,23H,6-7,11,13-15H2,1-5H3. The molecule has 0 spiro atoms. The lowest BCUT2D eigenvalue weighted by Crippen LogP contribution is -2.63. The average Bonchev–Trinajstić information content (AvgIpc) is 2.44. The molecule has 0 radical (unpaired) electrons. The maximum atomic E-state index is 13.4. The van der Waals surface area contributed by atoms with Crippen LogP contribution in [0, 0.1) is 5.82 Å². The van der Waals surface area contributed by atoms with Crippen molar-refractivity contribution in [3.63, 3.8) is 0 Å². The van der Waals surface area contributed by atoms with Crippen molar-refractivity contribution in [1.29, 1.82) is 0 Å². The van der Waals surface area contributed by atoms with Crippen LogP contribution in [0.1, 0.15) is 65.9 Å². The number of unbranched alkanes of at least 4 members (excludes halogenated alkanes) is 1. The maximum Gasteiger partial charge on any atom is 0.227 e. The smallest absolute Gasteiger partial charge is 0.227 e. The fraction of sp³-hybridized carbons (Fsp3) is 0.667. The van der Waals surface area contributed by atoms with Crippen molar-refractivity contribution in [1.82, 2.24) is 10.2 Å². The molecule has 0 saturated carbocycles. The highest BCUT2D eigenvalue weighted by Crippen LogP contribution is 2.32. The van der Waals surface area contributed by atoms with Gasteiger partial charge in [-0.05, 0) is 64.7 Å². The monoisotopic (exact) mass is 348 g/mol. The summed E-state index contributed by atoms with van der Waals surface area (Å²) >= 11 is 0. The van der Waals surface area contributed by atoms with Gasteiger partial charge in [-0.1, -0.05) is 25.5 Å². The normalized spacial score (nSPS) is 19.6. The van der Waals surface area contributed by atoms with E-state index in [1.54, 1.807) is 6.07 Å². The molecule has 0 bridgehead atoms. The van der Waals surface area contributed by atoms with E-state index in [0.717, 1.165) is 37.8 Å². The van der Waals surface area contributed by atoms with E-state index in [4.69, 9.17) is 0 Å². The molecule has 3 nitrogen and oxygen atoms in total. The molecule has 0 unspecified atom stereocenters. The second-order valence-electron chi connectivity index (χ2n) is 8.70. The summed E-state index contributed by atoms with van der Waals surface area (Å²) in [7, 11) is 0. The summed E-state index contributed by atoms with van der Waals surface area (Å²) in [5, 5.41) is 3.68. The Balaban J connectivity index is 2.18. The quantitative estimate of drug-likeness (QED) is 0.831. The molecule has 0 atom stereocenters. The van der Waals surface area contributed by atoms with Crippen LogP contribution < -0.4 is 5.32 Å². The highest BCUT2D eigenvalue weighted by atomic mass is 19.1. The first-order valence-electron chi connectivity index (χ1n) is 9.45. The van der Waals surface area contributed by atoms with Gasteiger partial charge in [-0.3, -0.25) is 4.79 Å². The molecule has 1 aliphatic rings. The minimum atomic E-state index is -0.283. The Kier molecular flexibility index (Phi) is 6.26. The lowest BCUT2D eigenvalue weighted by atomic mass is 9.79. The Bertz CT molecular complexity index is 581. The lowest BCUT2D eigenvalue weighted by Gasteiger charge is -2.49. The van der Waals surface area contributed by atoms with Gasteiger partial charge in [0, 0.05) is 23.7 Å². The molecule has 1 N–H and O–H groups in total. The second kappa shape index (κ2) is 7.86. The third-order valence-corrected chi connectivity index (χ3v) is 4.93. The van der Waals surface area contributed by atoms with Crippen molar-refractivity contribution in [3.8, 4) is 0 Å². The third kappa shape index (κ3) is 5.81. The number of carbonyl (C=O) groups excluding carboxylic acids is 1. The maximum absolute atomic E-state index is 13.4. The molecule has 1 amide bonds. The summed E-state index contributed by atoms with van der Waals surface area (Å²) in [4.78, 5) is 15.1. The van der Waals surface area contributed by atoms with Gasteiger partial charge in [-0.15, -0.1) is 0 Å². The number of hydrogen-bond acceptors (Lipinski definition) is 2. The summed E-state index contributed by atoms with van der Waals surface area (Å²) in [6.07, 6.45) is 4.21. The Hall–Kier alpha value is -1.42. The molecule has 1 saturated heterocycles. The highest BCUT2D eigenvalue weighted by Gasteiger charge is 2.40. The van der Waals surface area contributed by atoms with E-state index in [0.29, 0.717) is 0 Å². The molecule has 1 heterocycles. The molecule has 25 heavy (non-hydrogen) atoms. The van der Waals surface area contributed by atoms with Gasteiger partial charge in [0.2, 0.25) is 5.91 Å². The summed E-state index contributed by atoms with van der Waals surface area (Å²) in [5.74, 6) is -0.174.